The molecule has 0 aromatic heterocycles. The summed E-state index contributed by atoms with van der Waals surface area (Å²) in [4.78, 5) is 36.7. The van der Waals surface area contributed by atoms with E-state index < -0.39 is 30.5 Å². The van der Waals surface area contributed by atoms with Crippen LogP contribution in [0.25, 0.3) is 0 Å². The minimum atomic E-state index is -1.12. The van der Waals surface area contributed by atoms with Gasteiger partial charge < -0.3 is 19.5 Å². The normalized spacial score (nSPS) is 11.3. The molecule has 7 nitrogen and oxygen atoms in total. The summed E-state index contributed by atoms with van der Waals surface area (Å²) >= 11 is 0. The van der Waals surface area contributed by atoms with Gasteiger partial charge in [0.25, 0.3) is 0 Å². The lowest BCUT2D eigenvalue weighted by molar-refractivity contribution is -0.146. The molecule has 1 atom stereocenters. The van der Waals surface area contributed by atoms with E-state index in [1.165, 1.54) is 7.05 Å². The van der Waals surface area contributed by atoms with E-state index in [9.17, 15) is 14.4 Å². The maximum Gasteiger partial charge on any atom is 0.410 e. The van der Waals surface area contributed by atoms with Crippen LogP contribution in [0.4, 0.5) is 4.79 Å². The number of ether oxygens (including phenoxy) is 2. The number of carboxylic acids is 1. The fraction of sp³-hybridized carbons (Fsp3) is 0.286. The fourth-order valence-corrected chi connectivity index (χ4v) is 2.51. The van der Waals surface area contributed by atoms with E-state index in [4.69, 9.17) is 14.6 Å². The molecule has 0 unspecified atom stereocenters. The van der Waals surface area contributed by atoms with Crippen LogP contribution in [0.15, 0.2) is 60.7 Å². The van der Waals surface area contributed by atoms with Gasteiger partial charge in [-0.15, -0.1) is 0 Å². The summed E-state index contributed by atoms with van der Waals surface area (Å²) in [5.74, 6) is -1.71. The third-order valence-electron chi connectivity index (χ3n) is 4.10. The summed E-state index contributed by atoms with van der Waals surface area (Å²) in [5.41, 5.74) is 1.63. The van der Waals surface area contributed by atoms with Gasteiger partial charge in [-0.25, -0.2) is 4.79 Å². The molecule has 0 bridgehead atoms. The number of amides is 1. The molecule has 0 spiro atoms. The number of carbonyl (C=O) groups is 3. The van der Waals surface area contributed by atoms with E-state index >= 15 is 0 Å². The van der Waals surface area contributed by atoms with Crippen LogP contribution >= 0.6 is 0 Å². The summed E-state index contributed by atoms with van der Waals surface area (Å²) < 4.78 is 10.4. The second-order valence-corrected chi connectivity index (χ2v) is 6.25. The first-order chi connectivity index (χ1) is 13.5. The van der Waals surface area contributed by atoms with Gasteiger partial charge >= 0.3 is 18.0 Å². The average molecular weight is 385 g/mol. The van der Waals surface area contributed by atoms with Gasteiger partial charge in [0.15, 0.2) is 0 Å². The Morgan fingerprint density at radius 3 is 1.86 bits per heavy atom. The zero-order valence-corrected chi connectivity index (χ0v) is 15.6. The smallest absolute Gasteiger partial charge is 0.410 e. The second kappa shape index (κ2) is 10.7. The molecule has 0 heterocycles. The monoisotopic (exact) mass is 385 g/mol. The van der Waals surface area contributed by atoms with Gasteiger partial charge in [0.05, 0.1) is 18.9 Å². The van der Waals surface area contributed by atoms with Gasteiger partial charge in [0.2, 0.25) is 0 Å². The van der Waals surface area contributed by atoms with Gasteiger partial charge in [-0.3, -0.25) is 9.59 Å². The summed E-state index contributed by atoms with van der Waals surface area (Å²) in [7, 11) is 1.41. The highest BCUT2D eigenvalue weighted by atomic mass is 16.6. The molecule has 7 heteroatoms. The quantitative estimate of drug-likeness (QED) is 0.666. The Hall–Kier alpha value is -3.35. The molecule has 0 saturated carbocycles. The number of benzene rings is 2. The van der Waals surface area contributed by atoms with E-state index in [1.54, 1.807) is 0 Å². The first kappa shape index (κ1) is 21.0. The Morgan fingerprint density at radius 2 is 1.36 bits per heavy atom. The molecule has 1 N–H and O–H groups in total. The van der Waals surface area contributed by atoms with Crippen molar-refractivity contribution in [2.24, 2.45) is 0 Å². The molecule has 0 aliphatic carbocycles. The average Bonchev–Trinajstić information content (AvgIpc) is 2.70. The van der Waals surface area contributed by atoms with Gasteiger partial charge in [0.1, 0.15) is 13.2 Å². The number of hydrogen-bond acceptors (Lipinski definition) is 5. The summed E-state index contributed by atoms with van der Waals surface area (Å²) in [6.45, 7) is 0.143. The van der Waals surface area contributed by atoms with Gasteiger partial charge in [-0.2, -0.15) is 0 Å². The van der Waals surface area contributed by atoms with Crippen molar-refractivity contribution in [2.75, 3.05) is 7.05 Å². The molecule has 28 heavy (non-hydrogen) atoms. The van der Waals surface area contributed by atoms with Crippen molar-refractivity contribution in [3.63, 3.8) is 0 Å². The van der Waals surface area contributed by atoms with Crippen LogP contribution in [0, 0.1) is 0 Å². The van der Waals surface area contributed by atoms with Crippen molar-refractivity contribution in [3.05, 3.63) is 71.8 Å². The number of esters is 1. The van der Waals surface area contributed by atoms with Crippen LogP contribution in [-0.4, -0.2) is 41.1 Å². The molecule has 1 amide bonds. The van der Waals surface area contributed by atoms with Crippen molar-refractivity contribution in [1.29, 1.82) is 0 Å². The Kier molecular flexibility index (Phi) is 8.02. The lowest BCUT2D eigenvalue weighted by atomic mass is 10.1. The van der Waals surface area contributed by atoms with Crippen LogP contribution in [0.1, 0.15) is 24.0 Å². The highest BCUT2D eigenvalue weighted by molar-refractivity contribution is 5.75. The van der Waals surface area contributed by atoms with Crippen molar-refractivity contribution in [2.45, 2.75) is 32.1 Å². The van der Waals surface area contributed by atoms with E-state index in [1.807, 2.05) is 60.7 Å². The summed E-state index contributed by atoms with van der Waals surface area (Å²) in [6.07, 6.45) is -1.33. The minimum Gasteiger partial charge on any atom is -0.481 e. The van der Waals surface area contributed by atoms with Gasteiger partial charge in [-0.05, 0) is 11.1 Å². The molecule has 0 aliphatic rings. The second-order valence-electron chi connectivity index (χ2n) is 6.25. The van der Waals surface area contributed by atoms with Crippen LogP contribution in [0.3, 0.4) is 0 Å². The first-order valence-corrected chi connectivity index (χ1v) is 8.80. The number of aliphatic carboxylic acids is 1. The van der Waals surface area contributed by atoms with Crippen LogP contribution in [0.2, 0.25) is 0 Å². The Balaban J connectivity index is 1.90. The number of rotatable bonds is 9. The molecule has 0 radical (unpaired) electrons. The van der Waals surface area contributed by atoms with E-state index in [-0.39, 0.29) is 19.6 Å². The molecule has 0 fully saturated rings. The molecule has 148 valence electrons. The van der Waals surface area contributed by atoms with E-state index in [0.717, 1.165) is 16.0 Å². The third-order valence-corrected chi connectivity index (χ3v) is 4.10. The SMILES string of the molecule is CN(C(=O)OCc1ccccc1)[C@H](CC(=O)O)CC(=O)OCc1ccccc1. The van der Waals surface area contributed by atoms with Crippen LogP contribution in [0.5, 0.6) is 0 Å². The van der Waals surface area contributed by atoms with Crippen molar-refractivity contribution in [1.82, 2.24) is 4.90 Å². The lowest BCUT2D eigenvalue weighted by Gasteiger charge is -2.25. The summed E-state index contributed by atoms with van der Waals surface area (Å²) in [5, 5.41) is 9.11. The van der Waals surface area contributed by atoms with E-state index in [2.05, 4.69) is 0 Å². The minimum absolute atomic E-state index is 0.0578. The first-order valence-electron chi connectivity index (χ1n) is 8.80. The maximum atomic E-state index is 12.3. The fourth-order valence-electron chi connectivity index (χ4n) is 2.51. The largest absolute Gasteiger partial charge is 0.481 e. The maximum absolute atomic E-state index is 12.3. The Labute approximate surface area is 163 Å². The Morgan fingerprint density at radius 1 is 0.857 bits per heavy atom. The Bertz CT molecular complexity index is 778. The zero-order valence-electron chi connectivity index (χ0n) is 15.6. The standard InChI is InChI=1S/C21H23NO6/c1-22(21(26)28-15-17-10-6-3-7-11-17)18(12-19(23)24)13-20(25)27-14-16-8-4-2-5-9-16/h2-11,18H,12-15H2,1H3,(H,23,24)/t18-/m1/s1. The molecular weight excluding hydrogens is 362 g/mol. The lowest BCUT2D eigenvalue weighted by Crippen LogP contribution is -2.40. The molecule has 2 rings (SSSR count). The number of hydrogen-bond donors (Lipinski definition) is 1. The number of carbonyl (C=O) groups excluding carboxylic acids is 2. The number of nitrogens with zero attached hydrogens (tertiary/aromatic N) is 1. The molecule has 0 saturated heterocycles. The summed E-state index contributed by atoms with van der Waals surface area (Å²) in [6, 6.07) is 17.4. The third kappa shape index (κ3) is 7.11. The van der Waals surface area contributed by atoms with E-state index in [0.29, 0.717) is 0 Å². The van der Waals surface area contributed by atoms with Crippen molar-refractivity contribution >= 4 is 18.0 Å². The molecule has 0 aliphatic heterocycles. The van der Waals surface area contributed by atoms with Crippen molar-refractivity contribution < 1.29 is 29.0 Å². The van der Waals surface area contributed by atoms with Gasteiger partial charge in [-0.1, -0.05) is 60.7 Å². The highest BCUT2D eigenvalue weighted by Crippen LogP contribution is 2.13. The molecule has 2 aromatic rings. The van der Waals surface area contributed by atoms with Gasteiger partial charge in [0, 0.05) is 7.05 Å². The molecule has 2 aromatic carbocycles. The predicted molar refractivity (Wildman–Crippen MR) is 101 cm³/mol. The number of carboxylic acid groups (broad SMARTS) is 1. The highest BCUT2D eigenvalue weighted by Gasteiger charge is 2.27. The predicted octanol–water partition coefficient (Wildman–Crippen LogP) is 3.23. The topological polar surface area (TPSA) is 93.1 Å². The zero-order chi connectivity index (χ0) is 20.4. The van der Waals surface area contributed by atoms with Crippen LogP contribution in [-0.2, 0) is 32.3 Å². The van der Waals surface area contributed by atoms with Crippen LogP contribution < -0.4 is 0 Å². The molecular formula is C21H23NO6. The van der Waals surface area contributed by atoms with Crippen molar-refractivity contribution in [3.8, 4) is 0 Å².